The number of carbonyl (C=O) groups is 1. The third-order valence-corrected chi connectivity index (χ3v) is 3.14. The highest BCUT2D eigenvalue weighted by Crippen LogP contribution is 2.26. The molecule has 1 amide bonds. The van der Waals surface area contributed by atoms with Crippen LogP contribution >= 0.6 is 11.6 Å². The number of hydrogen-bond donors (Lipinski definition) is 2. The van der Waals surface area contributed by atoms with Crippen LogP contribution in [0.5, 0.6) is 0 Å². The second-order valence-electron chi connectivity index (χ2n) is 5.62. The fourth-order valence-electron chi connectivity index (χ4n) is 1.91. The maximum Gasteiger partial charge on any atom is 0.407 e. The van der Waals surface area contributed by atoms with E-state index in [0.717, 1.165) is 22.2 Å². The van der Waals surface area contributed by atoms with Crippen molar-refractivity contribution in [3.05, 3.63) is 28.5 Å². The maximum absolute atomic E-state index is 11.6. The maximum atomic E-state index is 11.6. The standard InChI is InChI=1S/C14H18ClN3O2/c1-8-9(6-18-13(19)20-14(2,3)4)5-16-12-11(8)10(15)7-17-12/h5,7H,6H2,1-4H3,(H,16,17)(H,18,19). The molecule has 0 bridgehead atoms. The van der Waals surface area contributed by atoms with Gasteiger partial charge in [-0.25, -0.2) is 9.78 Å². The Morgan fingerprint density at radius 3 is 2.85 bits per heavy atom. The molecule has 2 rings (SSSR count). The predicted molar refractivity (Wildman–Crippen MR) is 78.9 cm³/mol. The Morgan fingerprint density at radius 2 is 2.20 bits per heavy atom. The first-order chi connectivity index (χ1) is 9.28. The normalized spacial score (nSPS) is 11.7. The molecule has 0 atom stereocenters. The lowest BCUT2D eigenvalue weighted by Crippen LogP contribution is -2.32. The first-order valence-electron chi connectivity index (χ1n) is 6.36. The summed E-state index contributed by atoms with van der Waals surface area (Å²) < 4.78 is 5.19. The zero-order chi connectivity index (χ0) is 14.9. The molecule has 0 aliphatic heterocycles. The van der Waals surface area contributed by atoms with Gasteiger partial charge in [0.1, 0.15) is 11.2 Å². The summed E-state index contributed by atoms with van der Waals surface area (Å²) in [5.74, 6) is 0. The first-order valence-corrected chi connectivity index (χ1v) is 6.73. The van der Waals surface area contributed by atoms with Gasteiger partial charge in [0.2, 0.25) is 0 Å². The van der Waals surface area contributed by atoms with Crippen LogP contribution in [0.25, 0.3) is 11.0 Å². The number of aryl methyl sites for hydroxylation is 1. The topological polar surface area (TPSA) is 67.0 Å². The Morgan fingerprint density at radius 1 is 1.50 bits per heavy atom. The highest BCUT2D eigenvalue weighted by atomic mass is 35.5. The lowest BCUT2D eigenvalue weighted by Gasteiger charge is -2.19. The zero-order valence-corrected chi connectivity index (χ0v) is 12.8. The highest BCUT2D eigenvalue weighted by molar-refractivity contribution is 6.35. The summed E-state index contributed by atoms with van der Waals surface area (Å²) in [6.07, 6.45) is 2.98. The summed E-state index contributed by atoms with van der Waals surface area (Å²) in [6, 6.07) is 0. The number of aromatic nitrogens is 2. The number of halogens is 1. The Bertz CT molecular complexity index is 644. The second kappa shape index (κ2) is 5.32. The second-order valence-corrected chi connectivity index (χ2v) is 6.03. The summed E-state index contributed by atoms with van der Waals surface area (Å²) in [7, 11) is 0. The quantitative estimate of drug-likeness (QED) is 0.890. The fraction of sp³-hybridized carbons (Fsp3) is 0.429. The van der Waals surface area contributed by atoms with Gasteiger partial charge >= 0.3 is 6.09 Å². The Labute approximate surface area is 122 Å². The molecule has 2 aromatic rings. The average Bonchev–Trinajstić information content (AvgIpc) is 2.68. The number of aromatic amines is 1. The molecule has 2 N–H and O–H groups in total. The van der Waals surface area contributed by atoms with E-state index in [-0.39, 0.29) is 0 Å². The summed E-state index contributed by atoms with van der Waals surface area (Å²) in [5.41, 5.74) is 2.14. The Kier molecular flexibility index (Phi) is 3.90. The van der Waals surface area contributed by atoms with Crippen LogP contribution in [0, 0.1) is 6.92 Å². The summed E-state index contributed by atoms with van der Waals surface area (Å²) in [4.78, 5) is 18.9. The van der Waals surface area contributed by atoms with Gasteiger partial charge in [-0.15, -0.1) is 0 Å². The minimum absolute atomic E-state index is 0.352. The highest BCUT2D eigenvalue weighted by Gasteiger charge is 2.16. The average molecular weight is 296 g/mol. The van der Waals surface area contributed by atoms with Gasteiger partial charge < -0.3 is 15.0 Å². The van der Waals surface area contributed by atoms with Crippen molar-refractivity contribution >= 4 is 28.7 Å². The number of ether oxygens (including phenoxy) is 1. The third-order valence-electron chi connectivity index (χ3n) is 2.84. The van der Waals surface area contributed by atoms with E-state index < -0.39 is 11.7 Å². The minimum Gasteiger partial charge on any atom is -0.444 e. The number of H-pyrrole nitrogens is 1. The number of nitrogens with zero attached hydrogens (tertiary/aromatic N) is 1. The fourth-order valence-corrected chi connectivity index (χ4v) is 2.19. The van der Waals surface area contributed by atoms with Crippen molar-refractivity contribution in [1.82, 2.24) is 15.3 Å². The van der Waals surface area contributed by atoms with Crippen molar-refractivity contribution in [2.24, 2.45) is 0 Å². The number of alkyl carbamates (subject to hydrolysis) is 1. The number of amides is 1. The predicted octanol–water partition coefficient (Wildman–Crippen LogP) is 3.55. The molecule has 0 radical (unpaired) electrons. The van der Waals surface area contributed by atoms with Gasteiger partial charge in [0.05, 0.1) is 5.02 Å². The van der Waals surface area contributed by atoms with Crippen LogP contribution in [0.3, 0.4) is 0 Å². The molecular formula is C14H18ClN3O2. The van der Waals surface area contributed by atoms with Crippen LogP contribution < -0.4 is 5.32 Å². The summed E-state index contributed by atoms with van der Waals surface area (Å²) in [5, 5.41) is 4.23. The molecule has 0 saturated heterocycles. The van der Waals surface area contributed by atoms with Crippen molar-refractivity contribution < 1.29 is 9.53 Å². The van der Waals surface area contributed by atoms with E-state index >= 15 is 0 Å². The van der Waals surface area contributed by atoms with Gasteiger partial charge in [0.25, 0.3) is 0 Å². The van der Waals surface area contributed by atoms with E-state index in [4.69, 9.17) is 16.3 Å². The molecule has 0 spiro atoms. The third kappa shape index (κ3) is 3.22. The van der Waals surface area contributed by atoms with Crippen molar-refractivity contribution in [3.63, 3.8) is 0 Å². The van der Waals surface area contributed by atoms with Crippen LogP contribution in [0.4, 0.5) is 4.79 Å². The molecule has 2 heterocycles. The molecular weight excluding hydrogens is 278 g/mol. The summed E-state index contributed by atoms with van der Waals surface area (Å²) in [6.45, 7) is 7.78. The van der Waals surface area contributed by atoms with Crippen molar-refractivity contribution in [1.29, 1.82) is 0 Å². The van der Waals surface area contributed by atoms with E-state index in [9.17, 15) is 4.79 Å². The van der Waals surface area contributed by atoms with Crippen LogP contribution in [-0.4, -0.2) is 21.7 Å². The van der Waals surface area contributed by atoms with Gasteiger partial charge in [-0.2, -0.15) is 0 Å². The number of carbonyl (C=O) groups excluding carboxylic acids is 1. The minimum atomic E-state index is -0.509. The molecule has 0 saturated carbocycles. The van der Waals surface area contributed by atoms with Gasteiger partial charge in [-0.3, -0.25) is 0 Å². The molecule has 108 valence electrons. The molecule has 6 heteroatoms. The number of nitrogens with one attached hydrogen (secondary N) is 2. The van der Waals surface area contributed by atoms with Crippen LogP contribution in [0.15, 0.2) is 12.4 Å². The van der Waals surface area contributed by atoms with E-state index in [2.05, 4.69) is 15.3 Å². The lowest BCUT2D eigenvalue weighted by molar-refractivity contribution is 0.0523. The molecule has 0 aromatic carbocycles. The number of pyridine rings is 1. The molecule has 0 aliphatic rings. The van der Waals surface area contributed by atoms with E-state index in [0.29, 0.717) is 11.6 Å². The molecule has 20 heavy (non-hydrogen) atoms. The summed E-state index contributed by atoms with van der Waals surface area (Å²) >= 11 is 6.12. The van der Waals surface area contributed by atoms with E-state index in [1.54, 1.807) is 12.4 Å². The SMILES string of the molecule is Cc1c(CNC(=O)OC(C)(C)C)cnc2[nH]cc(Cl)c12. The zero-order valence-electron chi connectivity index (χ0n) is 12.0. The van der Waals surface area contributed by atoms with Crippen molar-refractivity contribution in [3.8, 4) is 0 Å². The van der Waals surface area contributed by atoms with Crippen LogP contribution in [0.1, 0.15) is 31.9 Å². The van der Waals surface area contributed by atoms with Crippen LogP contribution in [-0.2, 0) is 11.3 Å². The monoisotopic (exact) mass is 295 g/mol. The molecule has 0 unspecified atom stereocenters. The smallest absolute Gasteiger partial charge is 0.407 e. The number of hydrogen-bond acceptors (Lipinski definition) is 3. The number of fused-ring (bicyclic) bond motifs is 1. The molecule has 0 aliphatic carbocycles. The van der Waals surface area contributed by atoms with Gasteiger partial charge in [-0.1, -0.05) is 11.6 Å². The first kappa shape index (κ1) is 14.7. The van der Waals surface area contributed by atoms with Crippen molar-refractivity contribution in [2.75, 3.05) is 0 Å². The molecule has 2 aromatic heterocycles. The Balaban J connectivity index is 2.12. The molecule has 0 fully saturated rings. The van der Waals surface area contributed by atoms with Crippen LogP contribution in [0.2, 0.25) is 5.02 Å². The lowest BCUT2D eigenvalue weighted by atomic mass is 10.1. The van der Waals surface area contributed by atoms with E-state index in [1.807, 2.05) is 27.7 Å². The van der Waals surface area contributed by atoms with Gasteiger partial charge in [0.15, 0.2) is 0 Å². The number of rotatable bonds is 2. The van der Waals surface area contributed by atoms with Gasteiger partial charge in [-0.05, 0) is 38.8 Å². The van der Waals surface area contributed by atoms with Gasteiger partial charge in [0, 0.05) is 24.3 Å². The molecule has 5 nitrogen and oxygen atoms in total. The van der Waals surface area contributed by atoms with Crippen molar-refractivity contribution in [2.45, 2.75) is 39.8 Å². The Hall–Kier alpha value is -1.75. The van der Waals surface area contributed by atoms with E-state index in [1.165, 1.54) is 0 Å². The largest absolute Gasteiger partial charge is 0.444 e.